The monoisotopic (exact) mass is 726 g/mol. The van der Waals surface area contributed by atoms with Gasteiger partial charge in [0, 0.05) is 22.3 Å². The van der Waals surface area contributed by atoms with Crippen molar-refractivity contribution in [2.24, 2.45) is 11.8 Å². The Morgan fingerprint density at radius 1 is 0.509 bits per heavy atom. The number of benzene rings is 4. The summed E-state index contributed by atoms with van der Waals surface area (Å²) >= 11 is 0. The second-order valence-electron chi connectivity index (χ2n) is 14.0. The minimum atomic E-state index is -1.83. The fourth-order valence-electron chi connectivity index (χ4n) is 7.13. The number of ether oxygens (including phenoxy) is 4. The number of carbonyl (C=O) groups excluding carboxylic acids is 2. The summed E-state index contributed by atoms with van der Waals surface area (Å²) in [6.45, 7) is 7.96. The van der Waals surface area contributed by atoms with E-state index in [2.05, 4.69) is 10.6 Å². The maximum Gasteiger partial charge on any atom is 0.229 e. The Bertz CT molecular complexity index is 1600. The topological polar surface area (TPSA) is 136 Å². The van der Waals surface area contributed by atoms with Crippen molar-refractivity contribution in [2.75, 3.05) is 28.4 Å². The second kappa shape index (κ2) is 18.1. The smallest absolute Gasteiger partial charge is 0.229 e. The van der Waals surface area contributed by atoms with Crippen molar-refractivity contribution in [1.29, 1.82) is 0 Å². The fraction of sp³-hybridized carbons (Fsp3) is 0.395. The van der Waals surface area contributed by atoms with Crippen LogP contribution in [0.5, 0.6) is 23.0 Å². The fourth-order valence-corrected chi connectivity index (χ4v) is 7.13. The van der Waals surface area contributed by atoms with Crippen LogP contribution >= 0.6 is 0 Å². The van der Waals surface area contributed by atoms with Crippen LogP contribution in [0.1, 0.15) is 69.2 Å². The third kappa shape index (κ3) is 8.95. The molecule has 10 nitrogen and oxygen atoms in total. The van der Waals surface area contributed by atoms with Crippen LogP contribution < -0.4 is 29.6 Å². The number of hydrogen-bond acceptors (Lipinski definition) is 8. The van der Waals surface area contributed by atoms with Crippen molar-refractivity contribution in [1.82, 2.24) is 10.6 Å². The highest BCUT2D eigenvalue weighted by atomic mass is 16.5. The predicted octanol–water partition coefficient (Wildman–Crippen LogP) is 6.34. The van der Waals surface area contributed by atoms with Gasteiger partial charge in [-0.05, 0) is 48.9 Å². The van der Waals surface area contributed by atoms with Gasteiger partial charge in [-0.2, -0.15) is 0 Å². The molecule has 0 bridgehead atoms. The molecule has 0 aliphatic heterocycles. The molecule has 0 saturated carbocycles. The molecule has 0 fully saturated rings. The summed E-state index contributed by atoms with van der Waals surface area (Å²) in [7, 11) is 6.08. The molecule has 0 heterocycles. The van der Waals surface area contributed by atoms with Crippen molar-refractivity contribution in [3.05, 3.63) is 119 Å². The number of carbonyl (C=O) groups is 2. The van der Waals surface area contributed by atoms with E-state index in [0.29, 0.717) is 58.1 Å². The minimum absolute atomic E-state index is 0.0252. The lowest BCUT2D eigenvalue weighted by Gasteiger charge is -2.40. The molecule has 0 radical (unpaired) electrons. The largest absolute Gasteiger partial charge is 0.496 e. The number of hydrogen-bond donors (Lipinski definition) is 4. The number of aliphatic hydroxyl groups is 2. The molecule has 4 N–H and O–H groups in total. The van der Waals surface area contributed by atoms with Crippen molar-refractivity contribution >= 4 is 11.8 Å². The normalized spacial score (nSPS) is 12.9. The average Bonchev–Trinajstić information content (AvgIpc) is 3.16. The van der Waals surface area contributed by atoms with E-state index in [4.69, 9.17) is 18.9 Å². The Balaban J connectivity index is 1.75. The number of nitrogens with one attached hydrogen (secondary N) is 2. The minimum Gasteiger partial charge on any atom is -0.496 e. The Labute approximate surface area is 313 Å². The van der Waals surface area contributed by atoms with E-state index < -0.39 is 41.5 Å². The van der Waals surface area contributed by atoms with Crippen LogP contribution in [0.15, 0.2) is 97.1 Å². The highest BCUT2D eigenvalue weighted by Gasteiger charge is 2.47. The lowest BCUT2D eigenvalue weighted by Crippen LogP contribution is -2.55. The second-order valence-corrected chi connectivity index (χ2v) is 14.0. The predicted molar refractivity (Wildman–Crippen MR) is 205 cm³/mol. The van der Waals surface area contributed by atoms with E-state index in [1.165, 1.54) is 28.4 Å². The van der Waals surface area contributed by atoms with Gasteiger partial charge in [0.05, 0.1) is 40.5 Å². The Morgan fingerprint density at radius 3 is 0.981 bits per heavy atom. The summed E-state index contributed by atoms with van der Waals surface area (Å²) in [6, 6.07) is 26.5. The van der Waals surface area contributed by atoms with Gasteiger partial charge in [0.2, 0.25) is 11.8 Å². The van der Waals surface area contributed by atoms with Gasteiger partial charge in [-0.25, -0.2) is 0 Å². The van der Waals surface area contributed by atoms with Gasteiger partial charge < -0.3 is 39.8 Å². The zero-order valence-corrected chi connectivity index (χ0v) is 32.0. The number of para-hydroxylation sites is 4. The van der Waals surface area contributed by atoms with Crippen LogP contribution in [0.3, 0.4) is 0 Å². The first-order valence-electron chi connectivity index (χ1n) is 17.9. The van der Waals surface area contributed by atoms with Crippen LogP contribution in [-0.2, 0) is 20.8 Å². The zero-order chi connectivity index (χ0) is 38.8. The summed E-state index contributed by atoms with van der Waals surface area (Å²) < 4.78 is 22.8. The van der Waals surface area contributed by atoms with Crippen molar-refractivity contribution in [2.45, 2.75) is 70.2 Å². The molecule has 4 aromatic carbocycles. The quantitative estimate of drug-likeness (QED) is 0.0873. The van der Waals surface area contributed by atoms with Gasteiger partial charge in [0.25, 0.3) is 0 Å². The third-order valence-corrected chi connectivity index (χ3v) is 9.48. The van der Waals surface area contributed by atoms with E-state index in [0.717, 1.165) is 0 Å². The maximum atomic E-state index is 14.0. The Kier molecular flexibility index (Phi) is 13.9. The number of rotatable bonds is 18. The van der Waals surface area contributed by atoms with Crippen LogP contribution in [0.25, 0.3) is 0 Å². The van der Waals surface area contributed by atoms with Crippen LogP contribution in [-0.4, -0.2) is 62.6 Å². The van der Waals surface area contributed by atoms with Crippen LogP contribution in [0.4, 0.5) is 0 Å². The summed E-state index contributed by atoms with van der Waals surface area (Å²) in [5.74, 6) is 0.510. The first kappa shape index (κ1) is 40.7. The van der Waals surface area contributed by atoms with E-state index in [9.17, 15) is 19.8 Å². The number of amides is 2. The molecule has 0 aromatic heterocycles. The molecule has 0 aliphatic rings. The number of methoxy groups -OCH3 is 4. The maximum absolute atomic E-state index is 14.0. The standard InChI is InChI=1S/C43H54N2O8/c1-28(2)25-38(42(48,30-17-9-13-21-34(30)50-5)31-18-10-14-22-35(31)51-6)44-40(46)27-41(47)45-39(26-29(3)4)43(49,32-19-11-15-23-36(32)52-7)33-20-12-16-24-37(33)53-8/h9-24,28-29,38-39,48-49H,25-27H2,1-8H3,(H,44,46)(H,45,47). The zero-order valence-electron chi connectivity index (χ0n) is 32.0. The van der Waals surface area contributed by atoms with E-state index in [1.54, 1.807) is 97.1 Å². The lowest BCUT2D eigenvalue weighted by molar-refractivity contribution is -0.132. The first-order valence-corrected chi connectivity index (χ1v) is 17.9. The van der Waals surface area contributed by atoms with E-state index >= 15 is 0 Å². The van der Waals surface area contributed by atoms with Gasteiger partial charge in [-0.3, -0.25) is 9.59 Å². The molecule has 2 amide bonds. The van der Waals surface area contributed by atoms with Gasteiger partial charge in [-0.15, -0.1) is 0 Å². The van der Waals surface area contributed by atoms with Crippen molar-refractivity contribution < 1.29 is 38.7 Å². The molecule has 10 heteroatoms. The lowest BCUT2D eigenvalue weighted by atomic mass is 9.76. The summed E-state index contributed by atoms with van der Waals surface area (Å²) in [4.78, 5) is 28.0. The first-order chi connectivity index (χ1) is 25.3. The summed E-state index contributed by atoms with van der Waals surface area (Å²) in [5.41, 5.74) is -1.94. The molecule has 2 unspecified atom stereocenters. The summed E-state index contributed by atoms with van der Waals surface area (Å²) in [5, 5.41) is 31.9. The summed E-state index contributed by atoms with van der Waals surface area (Å²) in [6.07, 6.45) is 0.111. The van der Waals surface area contributed by atoms with E-state index in [1.807, 2.05) is 27.7 Å². The molecule has 4 rings (SSSR count). The van der Waals surface area contributed by atoms with Gasteiger partial charge in [-0.1, -0.05) is 100 Å². The molecule has 53 heavy (non-hydrogen) atoms. The van der Waals surface area contributed by atoms with Gasteiger partial charge >= 0.3 is 0 Å². The molecule has 2 atom stereocenters. The van der Waals surface area contributed by atoms with Crippen LogP contribution in [0.2, 0.25) is 0 Å². The Hall–Kier alpha value is -5.06. The molecule has 4 aromatic rings. The van der Waals surface area contributed by atoms with Crippen molar-refractivity contribution in [3.63, 3.8) is 0 Å². The van der Waals surface area contributed by atoms with Gasteiger partial charge in [0.15, 0.2) is 0 Å². The molecule has 0 spiro atoms. The molecule has 0 aliphatic carbocycles. The van der Waals surface area contributed by atoms with Crippen molar-refractivity contribution in [3.8, 4) is 23.0 Å². The third-order valence-electron chi connectivity index (χ3n) is 9.48. The average molecular weight is 727 g/mol. The highest BCUT2D eigenvalue weighted by molar-refractivity contribution is 5.97. The SMILES string of the molecule is COc1ccccc1C(O)(c1ccccc1OC)C(CC(C)C)NC(=O)CC(=O)NC(CC(C)C)C(O)(c1ccccc1OC)c1ccccc1OC. The van der Waals surface area contributed by atoms with Crippen LogP contribution in [0, 0.1) is 11.8 Å². The molecule has 284 valence electrons. The highest BCUT2D eigenvalue weighted by Crippen LogP contribution is 2.45. The molecular weight excluding hydrogens is 672 g/mol. The Morgan fingerprint density at radius 2 is 0.755 bits per heavy atom. The van der Waals surface area contributed by atoms with Gasteiger partial charge in [0.1, 0.15) is 40.6 Å². The molecule has 0 saturated heterocycles. The van der Waals surface area contributed by atoms with E-state index in [-0.39, 0.29) is 11.8 Å². The molecular formula is C43H54N2O8.